The van der Waals surface area contributed by atoms with Crippen molar-refractivity contribution < 1.29 is 14.6 Å². The number of carboxylic acids is 1. The summed E-state index contributed by atoms with van der Waals surface area (Å²) in [5, 5.41) is 9.56. The molecule has 1 aliphatic rings. The summed E-state index contributed by atoms with van der Waals surface area (Å²) in [4.78, 5) is 11.6. The number of hydrogen-bond donors (Lipinski definition) is 1. The smallest absolute Gasteiger partial charge is 0.309 e. The van der Waals surface area contributed by atoms with Crippen LogP contribution in [0.25, 0.3) is 0 Å². The second-order valence-electron chi connectivity index (χ2n) is 6.38. The van der Waals surface area contributed by atoms with E-state index in [9.17, 15) is 9.90 Å². The zero-order valence-corrected chi connectivity index (χ0v) is 12.8. The van der Waals surface area contributed by atoms with Crippen molar-refractivity contribution in [1.29, 1.82) is 0 Å². The highest BCUT2D eigenvalue weighted by atomic mass is 16.5. The summed E-state index contributed by atoms with van der Waals surface area (Å²) in [6, 6.07) is 0. The van der Waals surface area contributed by atoms with Gasteiger partial charge in [0.25, 0.3) is 0 Å². The molecular formula is C16H30O3. The molecule has 1 aliphatic carbocycles. The minimum Gasteiger partial charge on any atom is -0.481 e. The zero-order valence-electron chi connectivity index (χ0n) is 12.8. The van der Waals surface area contributed by atoms with E-state index in [1.54, 1.807) is 0 Å². The number of unbranched alkanes of at least 4 members (excludes halogenated alkanes) is 1. The Bertz CT molecular complexity index is 265. The molecule has 0 aromatic heterocycles. The van der Waals surface area contributed by atoms with E-state index in [0.717, 1.165) is 45.1 Å². The highest BCUT2D eigenvalue weighted by Gasteiger charge is 2.41. The molecule has 112 valence electrons. The molecule has 0 unspecified atom stereocenters. The molecule has 0 atom stereocenters. The van der Waals surface area contributed by atoms with Gasteiger partial charge in [-0.3, -0.25) is 4.79 Å². The van der Waals surface area contributed by atoms with Gasteiger partial charge in [-0.15, -0.1) is 0 Å². The Morgan fingerprint density at radius 1 is 1.32 bits per heavy atom. The average Bonchev–Trinajstić information content (AvgIpc) is 2.38. The van der Waals surface area contributed by atoms with Gasteiger partial charge in [-0.25, -0.2) is 0 Å². The normalized spacial score (nSPS) is 27.7. The molecule has 19 heavy (non-hydrogen) atoms. The molecule has 0 aromatic carbocycles. The summed E-state index contributed by atoms with van der Waals surface area (Å²) >= 11 is 0. The molecule has 1 fully saturated rings. The number of aliphatic carboxylic acids is 1. The van der Waals surface area contributed by atoms with Gasteiger partial charge in [0.05, 0.1) is 5.41 Å². The molecule has 0 spiro atoms. The Morgan fingerprint density at radius 3 is 2.42 bits per heavy atom. The zero-order chi connectivity index (χ0) is 14.3. The van der Waals surface area contributed by atoms with E-state index in [-0.39, 0.29) is 0 Å². The maximum absolute atomic E-state index is 11.6. The summed E-state index contributed by atoms with van der Waals surface area (Å²) in [7, 11) is 0. The lowest BCUT2D eigenvalue weighted by molar-refractivity contribution is -0.153. The first-order valence-corrected chi connectivity index (χ1v) is 7.83. The molecule has 1 rings (SSSR count). The second-order valence-corrected chi connectivity index (χ2v) is 6.38. The Labute approximate surface area is 117 Å². The van der Waals surface area contributed by atoms with Gasteiger partial charge in [0.2, 0.25) is 0 Å². The maximum Gasteiger partial charge on any atom is 0.309 e. The molecular weight excluding hydrogens is 240 g/mol. The quantitative estimate of drug-likeness (QED) is 0.675. The number of rotatable bonds is 8. The summed E-state index contributed by atoms with van der Waals surface area (Å²) in [6.45, 7) is 7.98. The lowest BCUT2D eigenvalue weighted by atomic mass is 9.66. The van der Waals surface area contributed by atoms with Crippen molar-refractivity contribution in [3.63, 3.8) is 0 Å². The van der Waals surface area contributed by atoms with Crippen LogP contribution in [0.3, 0.4) is 0 Å². The van der Waals surface area contributed by atoms with Gasteiger partial charge in [0.1, 0.15) is 0 Å². The predicted molar refractivity (Wildman–Crippen MR) is 77.2 cm³/mol. The van der Waals surface area contributed by atoms with Gasteiger partial charge in [-0.05, 0) is 50.4 Å². The summed E-state index contributed by atoms with van der Waals surface area (Å²) in [5.41, 5.74) is -0.516. The molecule has 3 nitrogen and oxygen atoms in total. The van der Waals surface area contributed by atoms with E-state index >= 15 is 0 Å². The molecule has 0 saturated heterocycles. The van der Waals surface area contributed by atoms with Crippen LogP contribution in [0.4, 0.5) is 0 Å². The summed E-state index contributed by atoms with van der Waals surface area (Å²) in [5.74, 6) is 0.759. The van der Waals surface area contributed by atoms with Crippen molar-refractivity contribution in [2.75, 3.05) is 13.2 Å². The first-order valence-electron chi connectivity index (χ1n) is 7.83. The second kappa shape index (κ2) is 7.88. The number of hydrogen-bond acceptors (Lipinski definition) is 2. The van der Waals surface area contributed by atoms with Crippen LogP contribution in [0.5, 0.6) is 0 Å². The van der Waals surface area contributed by atoms with Crippen LogP contribution in [-0.2, 0) is 9.53 Å². The van der Waals surface area contributed by atoms with Crippen LogP contribution >= 0.6 is 0 Å². The van der Waals surface area contributed by atoms with Crippen molar-refractivity contribution in [2.45, 2.75) is 65.7 Å². The molecule has 0 bridgehead atoms. The molecule has 0 radical (unpaired) electrons. The van der Waals surface area contributed by atoms with Gasteiger partial charge in [0, 0.05) is 13.2 Å². The third kappa shape index (κ3) is 4.79. The van der Waals surface area contributed by atoms with Gasteiger partial charge in [0.15, 0.2) is 0 Å². The molecule has 0 aliphatic heterocycles. The molecule has 1 N–H and O–H groups in total. The van der Waals surface area contributed by atoms with E-state index in [2.05, 4.69) is 20.8 Å². The minimum atomic E-state index is -0.617. The van der Waals surface area contributed by atoms with Crippen molar-refractivity contribution in [3.05, 3.63) is 0 Å². The van der Waals surface area contributed by atoms with Crippen molar-refractivity contribution >= 4 is 5.97 Å². The van der Waals surface area contributed by atoms with Crippen molar-refractivity contribution in [2.24, 2.45) is 17.3 Å². The third-order valence-electron chi connectivity index (χ3n) is 4.75. The Hall–Kier alpha value is -0.570. The van der Waals surface area contributed by atoms with Crippen LogP contribution in [0.1, 0.15) is 65.7 Å². The van der Waals surface area contributed by atoms with Gasteiger partial charge >= 0.3 is 5.97 Å². The standard InChI is InChI=1S/C16H30O3/c1-4-5-11-19-12-10-16(15(17)18)8-6-14(7-9-16)13(2)3/h13-14H,4-12H2,1-3H3,(H,17,18). The summed E-state index contributed by atoms with van der Waals surface area (Å²) < 4.78 is 5.56. The van der Waals surface area contributed by atoms with Gasteiger partial charge < -0.3 is 9.84 Å². The molecule has 0 heterocycles. The fourth-order valence-electron chi connectivity index (χ4n) is 3.05. The first-order chi connectivity index (χ1) is 9.02. The number of carboxylic acid groups (broad SMARTS) is 1. The fourth-order valence-corrected chi connectivity index (χ4v) is 3.05. The van der Waals surface area contributed by atoms with Crippen LogP contribution in [0.15, 0.2) is 0 Å². The Kier molecular flexibility index (Phi) is 6.84. The maximum atomic E-state index is 11.6. The number of ether oxygens (including phenoxy) is 1. The van der Waals surface area contributed by atoms with Gasteiger partial charge in [-0.1, -0.05) is 27.2 Å². The SMILES string of the molecule is CCCCOCCC1(C(=O)O)CCC(C(C)C)CC1. The van der Waals surface area contributed by atoms with E-state index in [0.29, 0.717) is 24.9 Å². The van der Waals surface area contributed by atoms with Crippen molar-refractivity contribution in [3.8, 4) is 0 Å². The molecule has 0 aromatic rings. The van der Waals surface area contributed by atoms with E-state index < -0.39 is 11.4 Å². The largest absolute Gasteiger partial charge is 0.481 e. The topological polar surface area (TPSA) is 46.5 Å². The molecule has 0 amide bonds. The Morgan fingerprint density at radius 2 is 1.95 bits per heavy atom. The lowest BCUT2D eigenvalue weighted by Crippen LogP contribution is -2.37. The van der Waals surface area contributed by atoms with Crippen LogP contribution in [-0.4, -0.2) is 24.3 Å². The lowest BCUT2D eigenvalue weighted by Gasteiger charge is -2.38. The number of carbonyl (C=O) groups is 1. The Balaban J connectivity index is 2.42. The van der Waals surface area contributed by atoms with Crippen molar-refractivity contribution in [1.82, 2.24) is 0 Å². The minimum absolute atomic E-state index is 0.516. The summed E-state index contributed by atoms with van der Waals surface area (Å²) in [6.07, 6.45) is 6.62. The van der Waals surface area contributed by atoms with E-state index in [1.165, 1.54) is 0 Å². The average molecular weight is 270 g/mol. The molecule has 1 saturated carbocycles. The monoisotopic (exact) mass is 270 g/mol. The first kappa shape index (κ1) is 16.5. The van der Waals surface area contributed by atoms with E-state index in [4.69, 9.17) is 4.74 Å². The highest BCUT2D eigenvalue weighted by molar-refractivity contribution is 5.74. The van der Waals surface area contributed by atoms with Crippen LogP contribution in [0, 0.1) is 17.3 Å². The fraction of sp³-hybridized carbons (Fsp3) is 0.938. The predicted octanol–water partition coefficient (Wildman–Crippen LogP) is 4.11. The molecule has 3 heteroatoms. The van der Waals surface area contributed by atoms with Crippen LogP contribution < -0.4 is 0 Å². The third-order valence-corrected chi connectivity index (χ3v) is 4.75. The van der Waals surface area contributed by atoms with E-state index in [1.807, 2.05) is 0 Å². The van der Waals surface area contributed by atoms with Crippen LogP contribution in [0.2, 0.25) is 0 Å². The highest BCUT2D eigenvalue weighted by Crippen LogP contribution is 2.43. The van der Waals surface area contributed by atoms with Gasteiger partial charge in [-0.2, -0.15) is 0 Å².